The van der Waals surface area contributed by atoms with Crippen LogP contribution >= 0.6 is 0 Å². The molecule has 0 saturated carbocycles. The lowest BCUT2D eigenvalue weighted by Crippen LogP contribution is -2.49. The molecule has 0 spiro atoms. The third-order valence-corrected chi connectivity index (χ3v) is 3.14. The average Bonchev–Trinajstić information content (AvgIpc) is 2.38. The standard InChI is InChI=1S/C14H20N2O3/c1-10(18)11-5-7-12(8-6-11)15-13(19)16(4)14(2,3)9-17/h5-8,17H,9H2,1-4H3,(H,15,19). The molecule has 19 heavy (non-hydrogen) atoms. The van der Waals surface area contributed by atoms with Crippen LogP contribution in [0.3, 0.4) is 0 Å². The molecule has 0 atom stereocenters. The zero-order valence-electron chi connectivity index (χ0n) is 11.7. The number of nitrogens with one attached hydrogen (secondary N) is 1. The molecule has 0 aliphatic heterocycles. The van der Waals surface area contributed by atoms with Gasteiger partial charge in [-0.1, -0.05) is 0 Å². The average molecular weight is 264 g/mol. The Hall–Kier alpha value is -1.88. The second-order valence-corrected chi connectivity index (χ2v) is 5.09. The number of ketones is 1. The predicted octanol–water partition coefficient (Wildman–Crippen LogP) is 2.12. The lowest BCUT2D eigenvalue weighted by Gasteiger charge is -2.33. The van der Waals surface area contributed by atoms with Crippen LogP contribution in [-0.4, -0.2) is 41.0 Å². The summed E-state index contributed by atoms with van der Waals surface area (Å²) in [5, 5.41) is 11.9. The van der Waals surface area contributed by atoms with E-state index in [-0.39, 0.29) is 18.4 Å². The van der Waals surface area contributed by atoms with E-state index in [1.165, 1.54) is 11.8 Å². The fraction of sp³-hybridized carbons (Fsp3) is 0.429. The molecule has 0 heterocycles. The Morgan fingerprint density at radius 1 is 1.26 bits per heavy atom. The molecule has 1 aromatic carbocycles. The second-order valence-electron chi connectivity index (χ2n) is 5.09. The minimum atomic E-state index is -0.636. The van der Waals surface area contributed by atoms with Gasteiger partial charge in [0, 0.05) is 18.3 Å². The minimum absolute atomic E-state index is 0.0172. The van der Waals surface area contributed by atoms with Gasteiger partial charge < -0.3 is 15.3 Å². The van der Waals surface area contributed by atoms with Crippen LogP contribution in [0, 0.1) is 0 Å². The van der Waals surface area contributed by atoms with Crippen molar-refractivity contribution in [3.05, 3.63) is 29.8 Å². The maximum Gasteiger partial charge on any atom is 0.322 e. The Balaban J connectivity index is 2.74. The number of anilines is 1. The second kappa shape index (κ2) is 5.84. The number of rotatable bonds is 4. The van der Waals surface area contributed by atoms with Crippen LogP contribution in [0.4, 0.5) is 10.5 Å². The van der Waals surface area contributed by atoms with Gasteiger partial charge in [0.2, 0.25) is 0 Å². The molecule has 5 nitrogen and oxygen atoms in total. The highest BCUT2D eigenvalue weighted by molar-refractivity contribution is 5.95. The third kappa shape index (κ3) is 3.79. The summed E-state index contributed by atoms with van der Waals surface area (Å²) in [5.74, 6) is -0.0172. The van der Waals surface area contributed by atoms with Crippen LogP contribution in [0.2, 0.25) is 0 Å². The summed E-state index contributed by atoms with van der Waals surface area (Å²) >= 11 is 0. The molecule has 2 amide bonds. The molecule has 0 aliphatic carbocycles. The third-order valence-electron chi connectivity index (χ3n) is 3.14. The van der Waals surface area contributed by atoms with Crippen molar-refractivity contribution in [2.24, 2.45) is 0 Å². The van der Waals surface area contributed by atoms with E-state index < -0.39 is 5.54 Å². The van der Waals surface area contributed by atoms with Gasteiger partial charge in [-0.05, 0) is 45.0 Å². The Labute approximate surface area is 113 Å². The summed E-state index contributed by atoms with van der Waals surface area (Å²) in [7, 11) is 1.62. The number of nitrogens with zero attached hydrogens (tertiary/aromatic N) is 1. The molecule has 1 rings (SSSR count). The number of carbonyl (C=O) groups is 2. The van der Waals surface area contributed by atoms with Crippen LogP contribution in [0.25, 0.3) is 0 Å². The summed E-state index contributed by atoms with van der Waals surface area (Å²) in [5.41, 5.74) is 0.571. The van der Waals surface area contributed by atoms with Crippen molar-refractivity contribution in [2.75, 3.05) is 19.0 Å². The molecular weight excluding hydrogens is 244 g/mol. The molecule has 1 aromatic rings. The maximum atomic E-state index is 12.0. The number of likely N-dealkylation sites (N-methyl/N-ethyl adjacent to an activating group) is 1. The van der Waals surface area contributed by atoms with Crippen molar-refractivity contribution in [2.45, 2.75) is 26.3 Å². The van der Waals surface area contributed by atoms with Gasteiger partial charge in [-0.25, -0.2) is 4.79 Å². The highest BCUT2D eigenvalue weighted by Gasteiger charge is 2.26. The predicted molar refractivity (Wildman–Crippen MR) is 74.4 cm³/mol. The van der Waals surface area contributed by atoms with Crippen LogP contribution in [-0.2, 0) is 0 Å². The van der Waals surface area contributed by atoms with Gasteiger partial charge in [-0.2, -0.15) is 0 Å². The number of aliphatic hydroxyl groups is 1. The molecule has 0 fully saturated rings. The maximum absolute atomic E-state index is 12.0. The van der Waals surface area contributed by atoms with Crippen molar-refractivity contribution in [3.8, 4) is 0 Å². The topological polar surface area (TPSA) is 69.6 Å². The molecule has 0 aliphatic rings. The number of urea groups is 1. The lowest BCUT2D eigenvalue weighted by molar-refractivity contribution is 0.101. The Bertz CT molecular complexity index is 466. The summed E-state index contributed by atoms with van der Waals surface area (Å²) in [6, 6.07) is 6.36. The number of benzene rings is 1. The SMILES string of the molecule is CC(=O)c1ccc(NC(=O)N(C)C(C)(C)CO)cc1. The zero-order valence-corrected chi connectivity index (χ0v) is 11.7. The van der Waals surface area contributed by atoms with Crippen LogP contribution in [0.1, 0.15) is 31.1 Å². The molecule has 0 bridgehead atoms. The zero-order chi connectivity index (χ0) is 14.6. The highest BCUT2D eigenvalue weighted by Crippen LogP contribution is 2.15. The van der Waals surface area contributed by atoms with E-state index in [2.05, 4.69) is 5.32 Å². The number of amides is 2. The van der Waals surface area contributed by atoms with E-state index in [1.807, 2.05) is 0 Å². The Morgan fingerprint density at radius 3 is 2.21 bits per heavy atom. The van der Waals surface area contributed by atoms with Crippen molar-refractivity contribution < 1.29 is 14.7 Å². The van der Waals surface area contributed by atoms with Crippen molar-refractivity contribution in [1.82, 2.24) is 4.90 Å². The quantitative estimate of drug-likeness (QED) is 0.818. The molecule has 5 heteroatoms. The van der Waals surface area contributed by atoms with Gasteiger partial charge in [0.15, 0.2) is 5.78 Å². The highest BCUT2D eigenvalue weighted by atomic mass is 16.3. The van der Waals surface area contributed by atoms with E-state index in [0.29, 0.717) is 11.3 Å². The normalized spacial score (nSPS) is 11.0. The van der Waals surface area contributed by atoms with Gasteiger partial charge in [0.25, 0.3) is 0 Å². The first-order valence-electron chi connectivity index (χ1n) is 6.04. The van der Waals surface area contributed by atoms with Crippen molar-refractivity contribution >= 4 is 17.5 Å². The number of hydrogen-bond donors (Lipinski definition) is 2. The monoisotopic (exact) mass is 264 g/mol. The number of Topliss-reactive ketones (excluding diaryl/α,β-unsaturated/α-hetero) is 1. The number of aliphatic hydroxyl groups excluding tert-OH is 1. The molecule has 2 N–H and O–H groups in total. The molecule has 0 aromatic heterocycles. The fourth-order valence-electron chi connectivity index (χ4n) is 1.38. The first-order chi connectivity index (χ1) is 8.77. The van der Waals surface area contributed by atoms with Crippen molar-refractivity contribution in [3.63, 3.8) is 0 Å². The van der Waals surface area contributed by atoms with E-state index in [4.69, 9.17) is 0 Å². The van der Waals surface area contributed by atoms with E-state index >= 15 is 0 Å². The van der Waals surface area contributed by atoms with Crippen LogP contribution < -0.4 is 5.32 Å². The molecule has 0 unspecified atom stereocenters. The molecular formula is C14H20N2O3. The summed E-state index contributed by atoms with van der Waals surface area (Å²) < 4.78 is 0. The minimum Gasteiger partial charge on any atom is -0.394 e. The first kappa shape index (κ1) is 15.2. The molecule has 0 saturated heterocycles. The van der Waals surface area contributed by atoms with Gasteiger partial charge in [0.05, 0.1) is 12.1 Å². The van der Waals surface area contributed by atoms with Gasteiger partial charge in [-0.3, -0.25) is 4.79 Å². The van der Waals surface area contributed by atoms with Gasteiger partial charge in [-0.15, -0.1) is 0 Å². The summed E-state index contributed by atoms with van der Waals surface area (Å²) in [4.78, 5) is 24.5. The van der Waals surface area contributed by atoms with Crippen molar-refractivity contribution in [1.29, 1.82) is 0 Å². The first-order valence-corrected chi connectivity index (χ1v) is 6.04. The van der Waals surface area contributed by atoms with E-state index in [0.717, 1.165) is 0 Å². The smallest absolute Gasteiger partial charge is 0.322 e. The summed E-state index contributed by atoms with van der Waals surface area (Å²) in [6.07, 6.45) is 0. The summed E-state index contributed by atoms with van der Waals surface area (Å²) in [6.45, 7) is 4.90. The van der Waals surface area contributed by atoms with Gasteiger partial charge in [0.1, 0.15) is 0 Å². The number of hydrogen-bond acceptors (Lipinski definition) is 3. The van der Waals surface area contributed by atoms with Gasteiger partial charge >= 0.3 is 6.03 Å². The fourth-order valence-corrected chi connectivity index (χ4v) is 1.38. The molecule has 0 radical (unpaired) electrons. The lowest BCUT2D eigenvalue weighted by atomic mass is 10.1. The largest absolute Gasteiger partial charge is 0.394 e. The van der Waals surface area contributed by atoms with E-state index in [1.54, 1.807) is 45.2 Å². The number of carbonyl (C=O) groups excluding carboxylic acids is 2. The Kier molecular flexibility index (Phi) is 4.67. The van der Waals surface area contributed by atoms with Crippen LogP contribution in [0.15, 0.2) is 24.3 Å². The van der Waals surface area contributed by atoms with Crippen LogP contribution in [0.5, 0.6) is 0 Å². The Morgan fingerprint density at radius 2 is 1.79 bits per heavy atom. The van der Waals surface area contributed by atoms with E-state index in [9.17, 15) is 14.7 Å². The molecule has 104 valence electrons.